The molecule has 94 valence electrons. The molecular formula is C14H20ClNO. The summed E-state index contributed by atoms with van der Waals surface area (Å²) in [5.74, 6) is 1.57. The van der Waals surface area contributed by atoms with Crippen molar-refractivity contribution in [2.24, 2.45) is 5.92 Å². The van der Waals surface area contributed by atoms with Gasteiger partial charge in [-0.25, -0.2) is 0 Å². The molecule has 2 rings (SSSR count). The van der Waals surface area contributed by atoms with Gasteiger partial charge >= 0.3 is 0 Å². The van der Waals surface area contributed by atoms with Crippen LogP contribution in [0.25, 0.3) is 0 Å². The van der Waals surface area contributed by atoms with Crippen molar-refractivity contribution in [3.05, 3.63) is 28.3 Å². The molecule has 0 aromatic heterocycles. The van der Waals surface area contributed by atoms with Crippen LogP contribution >= 0.6 is 11.6 Å². The van der Waals surface area contributed by atoms with Crippen molar-refractivity contribution in [3.8, 4) is 5.75 Å². The number of piperidine rings is 1. The quantitative estimate of drug-likeness (QED) is 0.893. The van der Waals surface area contributed by atoms with Gasteiger partial charge in [-0.1, -0.05) is 11.6 Å². The lowest BCUT2D eigenvalue weighted by atomic mass is 9.89. The van der Waals surface area contributed by atoms with Gasteiger partial charge < -0.3 is 10.1 Å². The Morgan fingerprint density at radius 2 is 2.06 bits per heavy atom. The summed E-state index contributed by atoms with van der Waals surface area (Å²) in [6.07, 6.45) is 3.67. The van der Waals surface area contributed by atoms with Crippen LogP contribution in [0.15, 0.2) is 12.1 Å². The van der Waals surface area contributed by atoms with Gasteiger partial charge in [-0.05, 0) is 68.5 Å². The molecule has 17 heavy (non-hydrogen) atoms. The van der Waals surface area contributed by atoms with E-state index >= 15 is 0 Å². The normalized spacial score (nSPS) is 17.1. The summed E-state index contributed by atoms with van der Waals surface area (Å²) >= 11 is 6.18. The Bertz CT molecular complexity index is 386. The molecule has 1 aromatic rings. The van der Waals surface area contributed by atoms with Crippen LogP contribution in [-0.4, -0.2) is 20.2 Å². The van der Waals surface area contributed by atoms with Gasteiger partial charge in [0.25, 0.3) is 0 Å². The number of benzene rings is 1. The van der Waals surface area contributed by atoms with Crippen molar-refractivity contribution in [1.29, 1.82) is 0 Å². The van der Waals surface area contributed by atoms with Crippen LogP contribution in [0.3, 0.4) is 0 Å². The molecule has 1 saturated heterocycles. The summed E-state index contributed by atoms with van der Waals surface area (Å²) in [5, 5.41) is 4.12. The molecule has 0 spiro atoms. The lowest BCUT2D eigenvalue weighted by Gasteiger charge is -2.23. The van der Waals surface area contributed by atoms with Crippen molar-refractivity contribution in [2.75, 3.05) is 20.2 Å². The summed E-state index contributed by atoms with van der Waals surface area (Å²) in [6.45, 7) is 4.43. The molecule has 1 aromatic carbocycles. The zero-order chi connectivity index (χ0) is 12.3. The Labute approximate surface area is 108 Å². The minimum Gasteiger partial charge on any atom is -0.495 e. The van der Waals surface area contributed by atoms with E-state index in [9.17, 15) is 0 Å². The lowest BCUT2D eigenvalue weighted by molar-refractivity contribution is 0.372. The maximum Gasteiger partial charge on any atom is 0.137 e. The molecule has 1 aliphatic heterocycles. The molecular weight excluding hydrogens is 234 g/mol. The highest BCUT2D eigenvalue weighted by atomic mass is 35.5. The fourth-order valence-electron chi connectivity index (χ4n) is 2.47. The van der Waals surface area contributed by atoms with E-state index in [1.165, 1.54) is 24.0 Å². The third kappa shape index (κ3) is 3.14. The first-order valence-electron chi connectivity index (χ1n) is 6.24. The van der Waals surface area contributed by atoms with Crippen LogP contribution in [0.4, 0.5) is 0 Å². The Hall–Kier alpha value is -0.730. The number of aryl methyl sites for hydroxylation is 1. The third-order valence-electron chi connectivity index (χ3n) is 3.58. The molecule has 0 saturated carbocycles. The van der Waals surface area contributed by atoms with E-state index in [2.05, 4.69) is 18.3 Å². The Balaban J connectivity index is 2.12. The van der Waals surface area contributed by atoms with E-state index in [4.69, 9.17) is 16.3 Å². The standard InChI is InChI=1S/C14H20ClNO/c1-10-7-14(17-2)13(15)9-12(10)8-11-3-5-16-6-4-11/h7,9,11,16H,3-6,8H2,1-2H3. The van der Waals surface area contributed by atoms with Gasteiger partial charge in [-0.2, -0.15) is 0 Å². The van der Waals surface area contributed by atoms with E-state index in [1.807, 2.05) is 6.07 Å². The zero-order valence-electron chi connectivity index (χ0n) is 10.6. The molecule has 0 radical (unpaired) electrons. The maximum absolute atomic E-state index is 6.18. The van der Waals surface area contributed by atoms with Crippen LogP contribution in [0.1, 0.15) is 24.0 Å². The van der Waals surface area contributed by atoms with Crippen molar-refractivity contribution in [2.45, 2.75) is 26.2 Å². The fraction of sp³-hybridized carbons (Fsp3) is 0.571. The first kappa shape index (κ1) is 12.7. The number of methoxy groups -OCH3 is 1. The predicted molar refractivity (Wildman–Crippen MR) is 72.0 cm³/mol. The van der Waals surface area contributed by atoms with Gasteiger partial charge in [0, 0.05) is 0 Å². The van der Waals surface area contributed by atoms with Crippen molar-refractivity contribution in [3.63, 3.8) is 0 Å². The molecule has 1 fully saturated rings. The van der Waals surface area contributed by atoms with E-state index < -0.39 is 0 Å². The van der Waals surface area contributed by atoms with Crippen LogP contribution in [0, 0.1) is 12.8 Å². The lowest BCUT2D eigenvalue weighted by Crippen LogP contribution is -2.28. The monoisotopic (exact) mass is 253 g/mol. The van der Waals surface area contributed by atoms with E-state index in [0.717, 1.165) is 36.2 Å². The van der Waals surface area contributed by atoms with E-state index in [-0.39, 0.29) is 0 Å². The average Bonchev–Trinajstić information content (AvgIpc) is 2.34. The van der Waals surface area contributed by atoms with Gasteiger partial charge in [0.15, 0.2) is 0 Å². The Morgan fingerprint density at radius 1 is 1.35 bits per heavy atom. The molecule has 3 heteroatoms. The van der Waals surface area contributed by atoms with Crippen molar-refractivity contribution < 1.29 is 4.74 Å². The number of hydrogen-bond acceptors (Lipinski definition) is 2. The number of ether oxygens (including phenoxy) is 1. The molecule has 0 aliphatic carbocycles. The Morgan fingerprint density at radius 3 is 2.71 bits per heavy atom. The predicted octanol–water partition coefficient (Wildman–Crippen LogP) is 3.20. The molecule has 0 amide bonds. The van der Waals surface area contributed by atoms with E-state index in [1.54, 1.807) is 7.11 Å². The third-order valence-corrected chi connectivity index (χ3v) is 3.87. The summed E-state index contributed by atoms with van der Waals surface area (Å²) in [7, 11) is 1.66. The fourth-order valence-corrected chi connectivity index (χ4v) is 2.73. The number of halogens is 1. The van der Waals surface area contributed by atoms with Gasteiger partial charge in [0.05, 0.1) is 12.1 Å². The molecule has 1 heterocycles. The number of hydrogen-bond donors (Lipinski definition) is 1. The smallest absolute Gasteiger partial charge is 0.137 e. The van der Waals surface area contributed by atoms with Gasteiger partial charge in [-0.15, -0.1) is 0 Å². The largest absolute Gasteiger partial charge is 0.495 e. The highest BCUT2D eigenvalue weighted by Crippen LogP contribution is 2.30. The van der Waals surface area contributed by atoms with Gasteiger partial charge in [0.1, 0.15) is 5.75 Å². The van der Waals surface area contributed by atoms with Gasteiger partial charge in [-0.3, -0.25) is 0 Å². The second-order valence-corrected chi connectivity index (χ2v) is 5.22. The number of rotatable bonds is 3. The maximum atomic E-state index is 6.18. The second kappa shape index (κ2) is 5.74. The van der Waals surface area contributed by atoms with Crippen LogP contribution in [0.5, 0.6) is 5.75 Å². The minimum atomic E-state index is 0.724. The molecule has 2 nitrogen and oxygen atoms in total. The molecule has 1 N–H and O–H groups in total. The first-order chi connectivity index (χ1) is 8.20. The zero-order valence-corrected chi connectivity index (χ0v) is 11.3. The Kier molecular flexibility index (Phi) is 4.30. The van der Waals surface area contributed by atoms with Crippen LogP contribution in [-0.2, 0) is 6.42 Å². The second-order valence-electron chi connectivity index (χ2n) is 4.81. The molecule has 0 unspecified atom stereocenters. The summed E-state index contributed by atoms with van der Waals surface area (Å²) < 4.78 is 5.23. The van der Waals surface area contributed by atoms with Crippen molar-refractivity contribution in [1.82, 2.24) is 5.32 Å². The molecule has 1 aliphatic rings. The van der Waals surface area contributed by atoms with Crippen molar-refractivity contribution >= 4 is 11.6 Å². The minimum absolute atomic E-state index is 0.724. The summed E-state index contributed by atoms with van der Waals surface area (Å²) in [4.78, 5) is 0. The summed E-state index contributed by atoms with van der Waals surface area (Å²) in [5.41, 5.74) is 2.65. The molecule has 0 atom stereocenters. The van der Waals surface area contributed by atoms with Crippen LogP contribution in [0.2, 0.25) is 5.02 Å². The van der Waals surface area contributed by atoms with E-state index in [0.29, 0.717) is 0 Å². The summed E-state index contributed by atoms with van der Waals surface area (Å²) in [6, 6.07) is 4.11. The SMILES string of the molecule is COc1cc(C)c(CC2CCNCC2)cc1Cl. The van der Waals surface area contributed by atoms with Crippen LogP contribution < -0.4 is 10.1 Å². The molecule has 0 bridgehead atoms. The highest BCUT2D eigenvalue weighted by molar-refractivity contribution is 6.32. The number of nitrogens with one attached hydrogen (secondary N) is 1. The highest BCUT2D eigenvalue weighted by Gasteiger charge is 2.15. The first-order valence-corrected chi connectivity index (χ1v) is 6.62. The average molecular weight is 254 g/mol. The van der Waals surface area contributed by atoms with Gasteiger partial charge in [0.2, 0.25) is 0 Å². The topological polar surface area (TPSA) is 21.3 Å².